The minimum atomic E-state index is -0.0265. The molecule has 0 radical (unpaired) electrons. The number of nitrogens with one attached hydrogen (secondary N) is 1. The summed E-state index contributed by atoms with van der Waals surface area (Å²) in [6.45, 7) is 4.04. The minimum absolute atomic E-state index is 0.0265. The minimum Gasteiger partial charge on any atom is -0.398 e. The monoisotopic (exact) mass is 216 g/mol. The van der Waals surface area contributed by atoms with Gasteiger partial charge in [-0.2, -0.15) is 0 Å². The summed E-state index contributed by atoms with van der Waals surface area (Å²) in [7, 11) is 0. The molecule has 3 heteroatoms. The maximum absolute atomic E-state index is 10.6. The molecule has 0 unspecified atom stereocenters. The van der Waals surface area contributed by atoms with Crippen molar-refractivity contribution in [3.63, 3.8) is 0 Å². The van der Waals surface area contributed by atoms with Crippen LogP contribution in [0.5, 0.6) is 0 Å². The maximum atomic E-state index is 10.6. The average Bonchev–Trinajstić information content (AvgIpc) is 2.22. The largest absolute Gasteiger partial charge is 0.398 e. The molecule has 0 aliphatic rings. The Labute approximate surface area is 96.0 Å². The second-order valence-corrected chi connectivity index (χ2v) is 3.61. The Hall–Kier alpha value is -1.95. The SMILES string of the molecule is CC(=O)NCCC#Cc1ccc(C)c(N)c1. The third kappa shape index (κ3) is 4.05. The molecule has 0 fully saturated rings. The van der Waals surface area contributed by atoms with Crippen LogP contribution >= 0.6 is 0 Å². The van der Waals surface area contributed by atoms with Gasteiger partial charge in [-0.05, 0) is 24.6 Å². The van der Waals surface area contributed by atoms with Crippen molar-refractivity contribution in [1.82, 2.24) is 5.32 Å². The molecular formula is C13H16N2O. The molecular weight excluding hydrogens is 200 g/mol. The summed E-state index contributed by atoms with van der Waals surface area (Å²) in [4.78, 5) is 10.6. The second-order valence-electron chi connectivity index (χ2n) is 3.61. The topological polar surface area (TPSA) is 55.1 Å². The van der Waals surface area contributed by atoms with Crippen molar-refractivity contribution in [2.24, 2.45) is 0 Å². The number of nitrogen functional groups attached to an aromatic ring is 1. The molecule has 1 rings (SSSR count). The fourth-order valence-corrected chi connectivity index (χ4v) is 1.18. The van der Waals surface area contributed by atoms with Gasteiger partial charge in [-0.1, -0.05) is 17.9 Å². The van der Waals surface area contributed by atoms with E-state index in [9.17, 15) is 4.79 Å². The van der Waals surface area contributed by atoms with E-state index in [1.807, 2.05) is 25.1 Å². The van der Waals surface area contributed by atoms with E-state index in [0.29, 0.717) is 13.0 Å². The molecule has 0 spiro atoms. The highest BCUT2D eigenvalue weighted by Gasteiger charge is 1.93. The third-order valence-electron chi connectivity index (χ3n) is 2.14. The average molecular weight is 216 g/mol. The van der Waals surface area contributed by atoms with Crippen molar-refractivity contribution in [1.29, 1.82) is 0 Å². The first-order valence-electron chi connectivity index (χ1n) is 5.19. The molecule has 3 N–H and O–H groups in total. The Kier molecular flexibility index (Phi) is 4.41. The normalized spacial score (nSPS) is 9.12. The standard InChI is InChI=1S/C13H16N2O/c1-10-6-7-12(9-13(10)14)5-3-4-8-15-11(2)16/h6-7,9H,4,8,14H2,1-2H3,(H,15,16). The smallest absolute Gasteiger partial charge is 0.216 e. The first-order chi connectivity index (χ1) is 7.59. The molecule has 0 aromatic heterocycles. The van der Waals surface area contributed by atoms with E-state index in [1.54, 1.807) is 0 Å². The van der Waals surface area contributed by atoms with E-state index >= 15 is 0 Å². The second kappa shape index (κ2) is 5.82. The van der Waals surface area contributed by atoms with E-state index in [4.69, 9.17) is 5.73 Å². The van der Waals surface area contributed by atoms with Crippen LogP contribution in [0.25, 0.3) is 0 Å². The molecule has 0 saturated carbocycles. The van der Waals surface area contributed by atoms with Crippen molar-refractivity contribution in [2.45, 2.75) is 20.3 Å². The molecule has 0 aliphatic carbocycles. The summed E-state index contributed by atoms with van der Waals surface area (Å²) in [5, 5.41) is 2.69. The number of hydrogen-bond donors (Lipinski definition) is 2. The van der Waals surface area contributed by atoms with Gasteiger partial charge < -0.3 is 11.1 Å². The number of benzene rings is 1. The lowest BCUT2D eigenvalue weighted by molar-refractivity contribution is -0.118. The zero-order chi connectivity index (χ0) is 12.0. The molecule has 0 heterocycles. The number of aryl methyl sites for hydroxylation is 1. The van der Waals surface area contributed by atoms with Crippen LogP contribution in [0.2, 0.25) is 0 Å². The van der Waals surface area contributed by atoms with Crippen LogP contribution in [0.15, 0.2) is 18.2 Å². The Balaban J connectivity index is 2.50. The molecule has 1 amide bonds. The van der Waals surface area contributed by atoms with E-state index in [-0.39, 0.29) is 5.91 Å². The highest BCUT2D eigenvalue weighted by atomic mass is 16.1. The molecule has 3 nitrogen and oxygen atoms in total. The predicted molar refractivity (Wildman–Crippen MR) is 65.8 cm³/mol. The third-order valence-corrected chi connectivity index (χ3v) is 2.14. The predicted octanol–water partition coefficient (Wildman–Crippen LogP) is 1.45. The number of amides is 1. The number of carbonyl (C=O) groups is 1. The highest BCUT2D eigenvalue weighted by Crippen LogP contribution is 2.11. The first kappa shape index (κ1) is 12.1. The molecule has 1 aromatic rings. The lowest BCUT2D eigenvalue weighted by atomic mass is 10.1. The van der Waals surface area contributed by atoms with Gasteiger partial charge in [0.1, 0.15) is 0 Å². The summed E-state index contributed by atoms with van der Waals surface area (Å²) < 4.78 is 0. The summed E-state index contributed by atoms with van der Waals surface area (Å²) >= 11 is 0. The van der Waals surface area contributed by atoms with Crippen LogP contribution in [0.3, 0.4) is 0 Å². The van der Waals surface area contributed by atoms with Gasteiger partial charge in [0.2, 0.25) is 5.91 Å². The molecule has 0 bridgehead atoms. The molecule has 0 aliphatic heterocycles. The van der Waals surface area contributed by atoms with E-state index in [2.05, 4.69) is 17.2 Å². The van der Waals surface area contributed by atoms with Gasteiger partial charge in [0.05, 0.1) is 0 Å². The van der Waals surface area contributed by atoms with Crippen molar-refractivity contribution >= 4 is 11.6 Å². The Morgan fingerprint density at radius 2 is 2.25 bits per heavy atom. The Bertz CT molecular complexity index is 441. The molecule has 16 heavy (non-hydrogen) atoms. The van der Waals surface area contributed by atoms with Gasteiger partial charge in [0, 0.05) is 31.1 Å². The zero-order valence-electron chi connectivity index (χ0n) is 9.63. The quantitative estimate of drug-likeness (QED) is 0.446. The van der Waals surface area contributed by atoms with Gasteiger partial charge in [-0.15, -0.1) is 0 Å². The van der Waals surface area contributed by atoms with Crippen molar-refractivity contribution in [3.8, 4) is 11.8 Å². The number of anilines is 1. The summed E-state index contributed by atoms with van der Waals surface area (Å²) in [6, 6.07) is 5.75. The highest BCUT2D eigenvalue weighted by molar-refractivity contribution is 5.72. The van der Waals surface area contributed by atoms with Gasteiger partial charge in [-0.25, -0.2) is 0 Å². The van der Waals surface area contributed by atoms with Crippen LogP contribution in [0.1, 0.15) is 24.5 Å². The summed E-state index contributed by atoms with van der Waals surface area (Å²) in [6.07, 6.45) is 0.646. The Morgan fingerprint density at radius 3 is 2.88 bits per heavy atom. The van der Waals surface area contributed by atoms with Crippen LogP contribution in [-0.4, -0.2) is 12.5 Å². The molecule has 0 saturated heterocycles. The zero-order valence-corrected chi connectivity index (χ0v) is 9.63. The summed E-state index contributed by atoms with van der Waals surface area (Å²) in [5.74, 6) is 5.96. The lowest BCUT2D eigenvalue weighted by Crippen LogP contribution is -2.20. The molecule has 84 valence electrons. The van der Waals surface area contributed by atoms with Crippen molar-refractivity contribution in [2.75, 3.05) is 12.3 Å². The van der Waals surface area contributed by atoms with E-state index < -0.39 is 0 Å². The Morgan fingerprint density at radius 1 is 1.50 bits per heavy atom. The number of nitrogens with two attached hydrogens (primary N) is 1. The van der Waals surface area contributed by atoms with E-state index in [0.717, 1.165) is 16.8 Å². The van der Waals surface area contributed by atoms with Crippen LogP contribution in [-0.2, 0) is 4.79 Å². The van der Waals surface area contributed by atoms with Crippen molar-refractivity contribution in [3.05, 3.63) is 29.3 Å². The van der Waals surface area contributed by atoms with Gasteiger partial charge in [0.15, 0.2) is 0 Å². The number of hydrogen-bond acceptors (Lipinski definition) is 2. The van der Waals surface area contributed by atoms with Crippen LogP contribution in [0, 0.1) is 18.8 Å². The van der Waals surface area contributed by atoms with Crippen LogP contribution < -0.4 is 11.1 Å². The van der Waals surface area contributed by atoms with E-state index in [1.165, 1.54) is 6.92 Å². The fraction of sp³-hybridized carbons (Fsp3) is 0.308. The fourth-order valence-electron chi connectivity index (χ4n) is 1.18. The van der Waals surface area contributed by atoms with Gasteiger partial charge in [-0.3, -0.25) is 4.79 Å². The lowest BCUT2D eigenvalue weighted by Gasteiger charge is -1.99. The van der Waals surface area contributed by atoms with Gasteiger partial charge >= 0.3 is 0 Å². The molecule has 0 atom stereocenters. The van der Waals surface area contributed by atoms with Gasteiger partial charge in [0.25, 0.3) is 0 Å². The van der Waals surface area contributed by atoms with Crippen LogP contribution in [0.4, 0.5) is 5.69 Å². The first-order valence-corrected chi connectivity index (χ1v) is 5.19. The number of rotatable bonds is 2. The van der Waals surface area contributed by atoms with Crippen molar-refractivity contribution < 1.29 is 4.79 Å². The molecule has 1 aromatic carbocycles. The maximum Gasteiger partial charge on any atom is 0.216 e. The summed E-state index contributed by atoms with van der Waals surface area (Å²) in [5.41, 5.74) is 8.49. The number of carbonyl (C=O) groups excluding carboxylic acids is 1.